The molecule has 4 heteroatoms. The van der Waals surface area contributed by atoms with Crippen LogP contribution in [0.5, 0.6) is 0 Å². The average Bonchev–Trinajstić information content (AvgIpc) is 2.05. The molecule has 0 atom stereocenters. The number of hydrogen-bond donors (Lipinski definition) is 2. The zero-order valence-corrected chi connectivity index (χ0v) is 6.68. The Kier molecular flexibility index (Phi) is 4.14. The van der Waals surface area contributed by atoms with Crippen LogP contribution in [0, 0.1) is 0 Å². The van der Waals surface area contributed by atoms with Gasteiger partial charge >= 0.3 is 0 Å². The number of nitrogen functional groups attached to an aromatic ring is 1. The zero-order chi connectivity index (χ0) is 8.85. The van der Waals surface area contributed by atoms with Gasteiger partial charge in [-0.25, -0.2) is 0 Å². The Balaban J connectivity index is 0.000000218. The van der Waals surface area contributed by atoms with E-state index in [0.717, 1.165) is 12.6 Å². The first-order valence-corrected chi connectivity index (χ1v) is 3.33. The summed E-state index contributed by atoms with van der Waals surface area (Å²) in [6.07, 6.45) is 0. The summed E-state index contributed by atoms with van der Waals surface area (Å²) < 4.78 is 0. The second kappa shape index (κ2) is 4.62. The van der Waals surface area contributed by atoms with E-state index >= 15 is 0 Å². The molecule has 0 heterocycles. The Morgan fingerprint density at radius 3 is 2.00 bits per heavy atom. The van der Waals surface area contributed by atoms with Crippen molar-refractivity contribution in [1.82, 2.24) is 5.32 Å². The third-order valence-corrected chi connectivity index (χ3v) is 1.13. The monoisotopic (exact) mass is 156 g/mol. The molecule has 0 aliphatic rings. The van der Waals surface area contributed by atoms with E-state index < -0.39 is 10.9 Å². The summed E-state index contributed by atoms with van der Waals surface area (Å²) in [5.41, 5.74) is 3.93. The number of anilines is 1. The van der Waals surface area contributed by atoms with Gasteiger partial charge in [-0.05, 0) is 13.6 Å². The molecule has 0 aliphatic carbocycles. The maximum Gasteiger partial charge on any atom is 0.248 e. The second-order valence-corrected chi connectivity index (χ2v) is 2.00. The first kappa shape index (κ1) is 9.84. The maximum atomic E-state index is 10.0. The van der Waals surface area contributed by atoms with Crippen LogP contribution in [-0.2, 0) is 0 Å². The van der Waals surface area contributed by atoms with Crippen molar-refractivity contribution in [3.63, 3.8) is 0 Å². The molecule has 0 amide bonds. The summed E-state index contributed by atoms with van der Waals surface area (Å²) in [6, 6.07) is 1.11. The van der Waals surface area contributed by atoms with Gasteiger partial charge in [-0.2, -0.15) is 0 Å². The van der Waals surface area contributed by atoms with Gasteiger partial charge in [0.2, 0.25) is 10.9 Å². The predicted molar refractivity (Wildman–Crippen MR) is 45.4 cm³/mol. The van der Waals surface area contributed by atoms with E-state index in [1.165, 1.54) is 0 Å². The highest BCUT2D eigenvalue weighted by molar-refractivity contribution is 5.41. The van der Waals surface area contributed by atoms with Crippen LogP contribution in [0.25, 0.3) is 0 Å². The fourth-order valence-corrected chi connectivity index (χ4v) is 0.337. The average molecular weight is 156 g/mol. The van der Waals surface area contributed by atoms with Gasteiger partial charge in [0.25, 0.3) is 0 Å². The molecule has 0 aliphatic heterocycles. The van der Waals surface area contributed by atoms with Gasteiger partial charge < -0.3 is 11.1 Å². The molecular weight excluding hydrogens is 144 g/mol. The van der Waals surface area contributed by atoms with E-state index in [-0.39, 0.29) is 5.69 Å². The molecule has 1 aromatic rings. The van der Waals surface area contributed by atoms with Crippen LogP contribution in [0.15, 0.2) is 15.7 Å². The molecule has 0 aromatic heterocycles. The summed E-state index contributed by atoms with van der Waals surface area (Å²) in [6.45, 7) is 3.14. The normalized spacial score (nSPS) is 8.91. The van der Waals surface area contributed by atoms with Crippen molar-refractivity contribution >= 4 is 5.69 Å². The molecule has 1 rings (SSSR count). The van der Waals surface area contributed by atoms with E-state index in [1.54, 1.807) is 0 Å². The highest BCUT2D eigenvalue weighted by Gasteiger charge is 2.01. The zero-order valence-electron chi connectivity index (χ0n) is 6.68. The standard InChI is InChI=1S/C4H3NO2.C3H9N/c5-2-1-3(6)4(2)7;1-3-4-2/h1H,5H2;4H,3H2,1-2H3. The molecule has 0 spiro atoms. The van der Waals surface area contributed by atoms with Gasteiger partial charge in [0.1, 0.15) is 0 Å². The van der Waals surface area contributed by atoms with E-state index in [0.29, 0.717) is 0 Å². The van der Waals surface area contributed by atoms with Crippen molar-refractivity contribution in [2.45, 2.75) is 6.92 Å². The summed E-state index contributed by atoms with van der Waals surface area (Å²) >= 11 is 0. The Bertz CT molecular complexity index is 271. The lowest BCUT2D eigenvalue weighted by Crippen LogP contribution is -2.31. The van der Waals surface area contributed by atoms with Crippen molar-refractivity contribution in [2.24, 2.45) is 0 Å². The molecule has 62 valence electrons. The minimum absolute atomic E-state index is 0.0741. The van der Waals surface area contributed by atoms with Crippen molar-refractivity contribution in [2.75, 3.05) is 19.3 Å². The molecular formula is C7H12N2O2. The van der Waals surface area contributed by atoms with Gasteiger partial charge in [-0.3, -0.25) is 9.59 Å². The van der Waals surface area contributed by atoms with Gasteiger partial charge in [0, 0.05) is 6.07 Å². The Morgan fingerprint density at radius 1 is 1.55 bits per heavy atom. The van der Waals surface area contributed by atoms with Crippen LogP contribution < -0.4 is 21.9 Å². The summed E-state index contributed by atoms with van der Waals surface area (Å²) in [4.78, 5) is 20.0. The third kappa shape index (κ3) is 2.95. The molecule has 11 heavy (non-hydrogen) atoms. The van der Waals surface area contributed by atoms with Crippen LogP contribution in [0.1, 0.15) is 6.92 Å². The van der Waals surface area contributed by atoms with E-state index in [1.807, 2.05) is 7.05 Å². The topological polar surface area (TPSA) is 72.2 Å². The molecule has 0 bridgehead atoms. The van der Waals surface area contributed by atoms with Crippen molar-refractivity contribution in [3.8, 4) is 0 Å². The van der Waals surface area contributed by atoms with E-state index in [9.17, 15) is 9.59 Å². The lowest BCUT2D eigenvalue weighted by molar-refractivity contribution is 0.864. The van der Waals surface area contributed by atoms with Crippen LogP contribution in [0.4, 0.5) is 5.69 Å². The van der Waals surface area contributed by atoms with Crippen LogP contribution in [-0.4, -0.2) is 13.6 Å². The smallest absolute Gasteiger partial charge is 0.248 e. The van der Waals surface area contributed by atoms with Crippen molar-refractivity contribution < 1.29 is 0 Å². The van der Waals surface area contributed by atoms with Gasteiger partial charge in [0.15, 0.2) is 0 Å². The number of hydrogen-bond acceptors (Lipinski definition) is 4. The molecule has 4 nitrogen and oxygen atoms in total. The number of rotatable bonds is 1. The highest BCUT2D eigenvalue weighted by atomic mass is 16.2. The van der Waals surface area contributed by atoms with Crippen LogP contribution >= 0.6 is 0 Å². The number of nitrogens with one attached hydrogen (secondary N) is 1. The quantitative estimate of drug-likeness (QED) is 0.516. The lowest BCUT2D eigenvalue weighted by Gasteiger charge is -1.85. The van der Waals surface area contributed by atoms with Gasteiger partial charge in [-0.1, -0.05) is 6.92 Å². The molecule has 0 saturated heterocycles. The van der Waals surface area contributed by atoms with E-state index in [4.69, 9.17) is 5.73 Å². The Hall–Kier alpha value is -1.16. The van der Waals surface area contributed by atoms with Crippen LogP contribution in [0.2, 0.25) is 0 Å². The molecule has 0 fully saturated rings. The third-order valence-electron chi connectivity index (χ3n) is 1.13. The first-order valence-electron chi connectivity index (χ1n) is 3.33. The van der Waals surface area contributed by atoms with Crippen molar-refractivity contribution in [3.05, 3.63) is 26.5 Å². The molecule has 1 aromatic carbocycles. The van der Waals surface area contributed by atoms with Gasteiger partial charge in [-0.15, -0.1) is 0 Å². The Labute approximate surface area is 64.7 Å². The van der Waals surface area contributed by atoms with Gasteiger partial charge in [0.05, 0.1) is 5.69 Å². The highest BCUT2D eigenvalue weighted by Crippen LogP contribution is 1.81. The molecule has 0 unspecified atom stereocenters. The summed E-state index contributed by atoms with van der Waals surface area (Å²) in [7, 11) is 1.93. The largest absolute Gasteiger partial charge is 0.395 e. The molecule has 3 N–H and O–H groups in total. The molecule has 0 radical (unpaired) electrons. The summed E-state index contributed by atoms with van der Waals surface area (Å²) in [5, 5.41) is 2.93. The number of nitrogens with two attached hydrogens (primary N) is 1. The summed E-state index contributed by atoms with van der Waals surface area (Å²) in [5.74, 6) is 0. The van der Waals surface area contributed by atoms with E-state index in [2.05, 4.69) is 12.2 Å². The SMILES string of the molecule is CCNC.Nc1cc(=O)c1=O. The maximum absolute atomic E-state index is 10.0. The van der Waals surface area contributed by atoms with Crippen molar-refractivity contribution in [1.29, 1.82) is 0 Å². The fraction of sp³-hybridized carbons (Fsp3) is 0.429. The minimum atomic E-state index is -0.556. The predicted octanol–water partition coefficient (Wildman–Crippen LogP) is -0.909. The Morgan fingerprint density at radius 2 is 2.00 bits per heavy atom. The fourth-order valence-electron chi connectivity index (χ4n) is 0.337. The lowest BCUT2D eigenvalue weighted by atomic mass is 10.3. The first-order chi connectivity index (χ1) is 5.13. The second-order valence-electron chi connectivity index (χ2n) is 2.00. The minimum Gasteiger partial charge on any atom is -0.395 e. The molecule has 0 saturated carbocycles. The van der Waals surface area contributed by atoms with Crippen LogP contribution in [0.3, 0.4) is 0 Å².